The second-order valence-corrected chi connectivity index (χ2v) is 7.85. The lowest BCUT2D eigenvalue weighted by Crippen LogP contribution is -2.49. The lowest BCUT2D eigenvalue weighted by atomic mass is 10.0. The van der Waals surface area contributed by atoms with Crippen LogP contribution in [0.5, 0.6) is 0 Å². The average Bonchev–Trinajstić information content (AvgIpc) is 3.11. The Bertz CT molecular complexity index is 1050. The number of halogens is 1. The van der Waals surface area contributed by atoms with Crippen LogP contribution in [0.4, 0.5) is 5.69 Å². The Morgan fingerprint density at radius 1 is 1.00 bits per heavy atom. The highest BCUT2D eigenvalue weighted by Gasteiger charge is 2.29. The Morgan fingerprint density at radius 3 is 2.45 bits per heavy atom. The fourth-order valence-electron chi connectivity index (χ4n) is 3.85. The number of nitrogens with zero attached hydrogens (tertiary/aromatic N) is 3. The largest absolute Gasteiger partial charge is 0.368 e. The molecule has 1 aliphatic rings. The van der Waals surface area contributed by atoms with Crippen molar-refractivity contribution in [2.24, 2.45) is 0 Å². The number of carbonyl (C=O) groups is 1. The maximum absolute atomic E-state index is 13.3. The van der Waals surface area contributed by atoms with E-state index in [4.69, 9.17) is 16.1 Å². The number of hydrogen-bond donors (Lipinski definition) is 0. The van der Waals surface area contributed by atoms with Gasteiger partial charge in [-0.3, -0.25) is 4.79 Å². The van der Waals surface area contributed by atoms with Crippen LogP contribution >= 0.6 is 11.6 Å². The number of benzene rings is 2. The molecular formula is C23H24ClN3O2. The molecule has 29 heavy (non-hydrogen) atoms. The summed E-state index contributed by atoms with van der Waals surface area (Å²) < 4.78 is 5.37. The van der Waals surface area contributed by atoms with Crippen LogP contribution in [0.2, 0.25) is 5.02 Å². The van der Waals surface area contributed by atoms with Crippen LogP contribution in [0.1, 0.15) is 27.2 Å². The normalized spacial score (nSPS) is 14.3. The predicted molar refractivity (Wildman–Crippen MR) is 116 cm³/mol. The first-order chi connectivity index (χ1) is 14.0. The van der Waals surface area contributed by atoms with Crippen molar-refractivity contribution in [2.45, 2.75) is 20.8 Å². The van der Waals surface area contributed by atoms with Gasteiger partial charge < -0.3 is 14.3 Å². The Hall–Kier alpha value is -2.79. The molecule has 6 heteroatoms. The zero-order valence-corrected chi connectivity index (χ0v) is 17.7. The Morgan fingerprint density at radius 2 is 1.72 bits per heavy atom. The molecule has 3 aromatic rings. The molecule has 0 spiro atoms. The highest BCUT2D eigenvalue weighted by Crippen LogP contribution is 2.32. The summed E-state index contributed by atoms with van der Waals surface area (Å²) in [4.78, 5) is 17.5. The van der Waals surface area contributed by atoms with Crippen LogP contribution in [0, 0.1) is 20.8 Å². The SMILES string of the molecule is Cc1cccc(N2CCN(C(=O)c3c(-c4ccccc4Cl)noc3C)CC2)c1C. The number of amides is 1. The molecule has 0 saturated carbocycles. The third kappa shape index (κ3) is 3.62. The van der Waals surface area contributed by atoms with Crippen LogP contribution in [0.3, 0.4) is 0 Å². The van der Waals surface area contributed by atoms with Crippen LogP contribution in [-0.2, 0) is 0 Å². The molecule has 0 N–H and O–H groups in total. The van der Waals surface area contributed by atoms with Gasteiger partial charge in [0.15, 0.2) is 0 Å². The van der Waals surface area contributed by atoms with Gasteiger partial charge in [0.25, 0.3) is 5.91 Å². The Labute approximate surface area is 175 Å². The number of rotatable bonds is 3. The third-order valence-corrected chi connectivity index (χ3v) is 6.02. The van der Waals surface area contributed by atoms with E-state index >= 15 is 0 Å². The summed E-state index contributed by atoms with van der Waals surface area (Å²) in [5, 5.41) is 4.68. The zero-order chi connectivity index (χ0) is 20.5. The van der Waals surface area contributed by atoms with E-state index in [0.29, 0.717) is 40.7 Å². The van der Waals surface area contributed by atoms with Crippen LogP contribution in [0.25, 0.3) is 11.3 Å². The molecule has 0 aliphatic carbocycles. The molecule has 150 valence electrons. The minimum Gasteiger partial charge on any atom is -0.368 e. The van der Waals surface area contributed by atoms with Crippen LogP contribution < -0.4 is 4.90 Å². The number of anilines is 1. The molecular weight excluding hydrogens is 386 g/mol. The highest BCUT2D eigenvalue weighted by molar-refractivity contribution is 6.33. The van der Waals surface area contributed by atoms with Gasteiger partial charge in [0.2, 0.25) is 0 Å². The van der Waals surface area contributed by atoms with Crippen molar-refractivity contribution in [1.29, 1.82) is 0 Å². The van der Waals surface area contributed by atoms with E-state index in [2.05, 4.69) is 42.1 Å². The van der Waals surface area contributed by atoms with Crippen molar-refractivity contribution in [2.75, 3.05) is 31.1 Å². The van der Waals surface area contributed by atoms with E-state index in [1.807, 2.05) is 23.1 Å². The summed E-state index contributed by atoms with van der Waals surface area (Å²) in [5.74, 6) is 0.459. The van der Waals surface area contributed by atoms with Crippen molar-refractivity contribution in [1.82, 2.24) is 10.1 Å². The monoisotopic (exact) mass is 409 g/mol. The van der Waals surface area contributed by atoms with E-state index < -0.39 is 0 Å². The van der Waals surface area contributed by atoms with Crippen molar-refractivity contribution in [3.63, 3.8) is 0 Å². The number of aromatic nitrogens is 1. The van der Waals surface area contributed by atoms with Gasteiger partial charge in [-0.2, -0.15) is 0 Å². The molecule has 1 aliphatic heterocycles. The molecule has 1 fully saturated rings. The predicted octanol–water partition coefficient (Wildman–Crippen LogP) is 4.88. The Kier molecular flexibility index (Phi) is 5.33. The molecule has 0 atom stereocenters. The minimum absolute atomic E-state index is 0.0562. The lowest BCUT2D eigenvalue weighted by Gasteiger charge is -2.37. The van der Waals surface area contributed by atoms with Gasteiger partial charge in [0.05, 0.1) is 5.02 Å². The molecule has 4 rings (SSSR count). The van der Waals surface area contributed by atoms with Gasteiger partial charge in [-0.15, -0.1) is 0 Å². The average molecular weight is 410 g/mol. The van der Waals surface area contributed by atoms with Gasteiger partial charge in [-0.05, 0) is 44.0 Å². The van der Waals surface area contributed by atoms with E-state index in [1.165, 1.54) is 16.8 Å². The van der Waals surface area contributed by atoms with Crippen LogP contribution in [-0.4, -0.2) is 42.1 Å². The number of carbonyl (C=O) groups excluding carboxylic acids is 1. The first-order valence-corrected chi connectivity index (χ1v) is 10.2. The summed E-state index contributed by atoms with van der Waals surface area (Å²) in [6.45, 7) is 8.94. The smallest absolute Gasteiger partial charge is 0.259 e. The van der Waals surface area contributed by atoms with E-state index in [-0.39, 0.29) is 5.91 Å². The van der Waals surface area contributed by atoms with E-state index in [9.17, 15) is 4.79 Å². The highest BCUT2D eigenvalue weighted by atomic mass is 35.5. The summed E-state index contributed by atoms with van der Waals surface area (Å²) in [6.07, 6.45) is 0. The quantitative estimate of drug-likeness (QED) is 0.618. The van der Waals surface area contributed by atoms with Gasteiger partial charge in [-0.25, -0.2) is 0 Å². The molecule has 0 unspecified atom stereocenters. The molecule has 5 nitrogen and oxygen atoms in total. The second kappa shape index (κ2) is 7.91. The molecule has 0 radical (unpaired) electrons. The number of piperazine rings is 1. The molecule has 1 aromatic heterocycles. The summed E-state index contributed by atoms with van der Waals surface area (Å²) in [6, 6.07) is 13.7. The maximum Gasteiger partial charge on any atom is 0.259 e. The van der Waals surface area contributed by atoms with Crippen molar-refractivity contribution < 1.29 is 9.32 Å². The van der Waals surface area contributed by atoms with Gasteiger partial charge >= 0.3 is 0 Å². The summed E-state index contributed by atoms with van der Waals surface area (Å²) in [7, 11) is 0. The van der Waals surface area contributed by atoms with Crippen molar-refractivity contribution in [3.05, 3.63) is 69.9 Å². The molecule has 2 aromatic carbocycles. The molecule has 1 saturated heterocycles. The summed E-state index contributed by atoms with van der Waals surface area (Å²) >= 11 is 6.33. The number of aryl methyl sites for hydroxylation is 2. The standard InChI is InChI=1S/C23H24ClN3O2/c1-15-7-6-10-20(16(15)2)26-11-13-27(14-12-26)23(28)21-17(3)29-25-22(21)18-8-4-5-9-19(18)24/h4-10H,11-14H2,1-3H3. The lowest BCUT2D eigenvalue weighted by molar-refractivity contribution is 0.0745. The second-order valence-electron chi connectivity index (χ2n) is 7.44. The molecule has 2 heterocycles. The topological polar surface area (TPSA) is 49.6 Å². The first kappa shape index (κ1) is 19.5. The zero-order valence-electron chi connectivity index (χ0n) is 16.9. The van der Waals surface area contributed by atoms with Crippen molar-refractivity contribution >= 4 is 23.2 Å². The van der Waals surface area contributed by atoms with Crippen molar-refractivity contribution in [3.8, 4) is 11.3 Å². The molecule has 0 bridgehead atoms. The van der Waals surface area contributed by atoms with Gasteiger partial charge in [0, 0.05) is 37.4 Å². The van der Waals surface area contributed by atoms with E-state index in [1.54, 1.807) is 13.0 Å². The minimum atomic E-state index is -0.0562. The maximum atomic E-state index is 13.3. The van der Waals surface area contributed by atoms with E-state index in [0.717, 1.165) is 13.1 Å². The summed E-state index contributed by atoms with van der Waals surface area (Å²) in [5.41, 5.74) is 5.54. The van der Waals surface area contributed by atoms with Crippen LogP contribution in [0.15, 0.2) is 47.0 Å². The van der Waals surface area contributed by atoms with Gasteiger partial charge in [-0.1, -0.05) is 47.1 Å². The number of hydrogen-bond acceptors (Lipinski definition) is 4. The van der Waals surface area contributed by atoms with Gasteiger partial charge in [0.1, 0.15) is 17.0 Å². The molecule has 1 amide bonds. The first-order valence-electron chi connectivity index (χ1n) is 9.79. The fourth-order valence-corrected chi connectivity index (χ4v) is 4.07. The Balaban J connectivity index is 1.55. The fraction of sp³-hybridized carbons (Fsp3) is 0.304. The third-order valence-electron chi connectivity index (χ3n) is 5.69.